The van der Waals surface area contributed by atoms with Crippen LogP contribution in [0.5, 0.6) is 5.75 Å². The maximum Gasteiger partial charge on any atom is 0.313 e. The Morgan fingerprint density at radius 1 is 0.784 bits per heavy atom. The van der Waals surface area contributed by atoms with E-state index < -0.39 is 35.0 Å². The van der Waals surface area contributed by atoms with Gasteiger partial charge in [0.05, 0.1) is 65.7 Å². The van der Waals surface area contributed by atoms with Gasteiger partial charge in [-0.15, -0.1) is 0 Å². The molecule has 210 valence electrons. The second kappa shape index (κ2) is 17.3. The lowest BCUT2D eigenvalue weighted by Crippen LogP contribution is -2.38. The zero-order valence-corrected chi connectivity index (χ0v) is 21.1. The fourth-order valence-electron chi connectivity index (χ4n) is 3.63. The molecule has 0 saturated carbocycles. The topological polar surface area (TPSA) is 83.5 Å². The minimum Gasteiger partial charge on any atom is -0.420 e. The van der Waals surface area contributed by atoms with Crippen LogP contribution in [0.25, 0.3) is 0 Å². The first-order chi connectivity index (χ1) is 17.8. The predicted octanol–water partition coefficient (Wildman–Crippen LogP) is 3.64. The number of ether oxygens (including phenoxy) is 5. The van der Waals surface area contributed by atoms with Crippen LogP contribution in [0.1, 0.15) is 39.0 Å². The lowest BCUT2D eigenvalue weighted by molar-refractivity contribution is -0.136. The Balaban J connectivity index is 1.38. The third-order valence-corrected chi connectivity index (χ3v) is 5.86. The first-order valence-corrected chi connectivity index (χ1v) is 12.5. The fourth-order valence-corrected chi connectivity index (χ4v) is 3.63. The van der Waals surface area contributed by atoms with Crippen molar-refractivity contribution < 1.29 is 50.8 Å². The van der Waals surface area contributed by atoms with Gasteiger partial charge in [0.15, 0.2) is 11.6 Å². The number of hydrogen-bond donors (Lipinski definition) is 0. The summed E-state index contributed by atoms with van der Waals surface area (Å²) in [5.41, 5.74) is 0. The Labute approximate surface area is 214 Å². The molecule has 1 saturated heterocycles. The van der Waals surface area contributed by atoms with E-state index in [1.807, 2.05) is 4.90 Å². The molecule has 1 amide bonds. The number of carbonyl (C=O) groups excluding carboxylic acids is 2. The smallest absolute Gasteiger partial charge is 0.313 e. The van der Waals surface area contributed by atoms with Gasteiger partial charge in [-0.05, 0) is 18.8 Å². The van der Waals surface area contributed by atoms with Gasteiger partial charge in [0.1, 0.15) is 0 Å². The molecule has 0 aromatic heterocycles. The quantitative estimate of drug-likeness (QED) is 0.0987. The molecule has 0 aliphatic carbocycles. The van der Waals surface area contributed by atoms with Gasteiger partial charge in [0, 0.05) is 19.2 Å². The lowest BCUT2D eigenvalue weighted by Gasteiger charge is -2.31. The molecule has 37 heavy (non-hydrogen) atoms. The van der Waals surface area contributed by atoms with E-state index in [0.29, 0.717) is 39.5 Å². The molecular formula is C25H35F4NO7. The number of nitrogens with zero attached hydrogens (tertiary/aromatic N) is 1. The standard InChI is InChI=1S/C25H35F4NO7/c1-2-18-3-7-30(8-4-18)21(31)5-9-33-11-13-35-15-16-36-14-12-34-10-6-22(32)37-25-23(28)19(26)17-20(27)24(25)29/h17-18H,2-16H2,1H3. The molecule has 0 radical (unpaired) electrons. The average molecular weight is 538 g/mol. The van der Waals surface area contributed by atoms with E-state index >= 15 is 0 Å². The summed E-state index contributed by atoms with van der Waals surface area (Å²) < 4.78 is 78.8. The highest BCUT2D eigenvalue weighted by Gasteiger charge is 2.23. The minimum absolute atomic E-state index is 0.0201. The number of carbonyl (C=O) groups is 2. The van der Waals surface area contributed by atoms with Crippen LogP contribution >= 0.6 is 0 Å². The molecule has 1 heterocycles. The highest BCUT2D eigenvalue weighted by Crippen LogP contribution is 2.26. The molecule has 12 heteroatoms. The van der Waals surface area contributed by atoms with E-state index in [1.165, 1.54) is 6.42 Å². The number of benzene rings is 1. The van der Waals surface area contributed by atoms with Gasteiger partial charge in [-0.1, -0.05) is 13.3 Å². The number of esters is 1. The van der Waals surface area contributed by atoms with Gasteiger partial charge >= 0.3 is 5.97 Å². The monoisotopic (exact) mass is 537 g/mol. The molecule has 2 rings (SSSR count). The number of amides is 1. The molecule has 1 aliphatic rings. The third kappa shape index (κ3) is 11.3. The first-order valence-electron chi connectivity index (χ1n) is 12.5. The number of hydrogen-bond acceptors (Lipinski definition) is 7. The highest BCUT2D eigenvalue weighted by atomic mass is 19.2. The number of likely N-dealkylation sites (tertiary alicyclic amines) is 1. The molecule has 0 N–H and O–H groups in total. The van der Waals surface area contributed by atoms with Crippen molar-refractivity contribution in [2.24, 2.45) is 5.92 Å². The summed E-state index contributed by atoms with van der Waals surface area (Å²) in [5.74, 6) is -8.59. The van der Waals surface area contributed by atoms with Crippen molar-refractivity contribution in [3.05, 3.63) is 29.3 Å². The van der Waals surface area contributed by atoms with Crippen LogP contribution in [0.2, 0.25) is 0 Å². The maximum atomic E-state index is 13.5. The van der Waals surface area contributed by atoms with Crippen LogP contribution in [-0.4, -0.2) is 82.7 Å². The summed E-state index contributed by atoms with van der Waals surface area (Å²) in [7, 11) is 0. The largest absolute Gasteiger partial charge is 0.420 e. The highest BCUT2D eigenvalue weighted by molar-refractivity contribution is 5.76. The Morgan fingerprint density at radius 2 is 1.24 bits per heavy atom. The zero-order valence-electron chi connectivity index (χ0n) is 21.1. The van der Waals surface area contributed by atoms with Gasteiger partial charge in [-0.3, -0.25) is 9.59 Å². The summed E-state index contributed by atoms with van der Waals surface area (Å²) in [6.07, 6.45) is 3.30. The van der Waals surface area contributed by atoms with Crippen LogP contribution in [0, 0.1) is 29.2 Å². The van der Waals surface area contributed by atoms with Crippen molar-refractivity contribution >= 4 is 11.9 Å². The first kappa shape index (κ1) is 30.9. The van der Waals surface area contributed by atoms with Crippen LogP contribution in [0.4, 0.5) is 17.6 Å². The molecule has 1 aliphatic heterocycles. The van der Waals surface area contributed by atoms with Gasteiger partial charge < -0.3 is 28.6 Å². The van der Waals surface area contributed by atoms with E-state index in [0.717, 1.165) is 31.8 Å². The molecule has 0 spiro atoms. The van der Waals surface area contributed by atoms with Crippen LogP contribution in [0.3, 0.4) is 0 Å². The summed E-state index contributed by atoms with van der Waals surface area (Å²) in [6.45, 7) is 5.81. The molecule has 1 aromatic rings. The Kier molecular flexibility index (Phi) is 14.4. The molecular weight excluding hydrogens is 502 g/mol. The summed E-state index contributed by atoms with van der Waals surface area (Å²) in [5, 5.41) is 0. The lowest BCUT2D eigenvalue weighted by atomic mass is 9.94. The van der Waals surface area contributed by atoms with Crippen molar-refractivity contribution in [3.63, 3.8) is 0 Å². The Bertz CT molecular complexity index is 825. The SMILES string of the molecule is CCC1CCN(C(=O)CCOCCOCCOCCOCCC(=O)Oc2c(F)c(F)cc(F)c2F)CC1. The fraction of sp³-hybridized carbons (Fsp3) is 0.680. The van der Waals surface area contributed by atoms with Crippen molar-refractivity contribution in [2.75, 3.05) is 65.9 Å². The Hall–Kier alpha value is -2.28. The number of rotatable bonds is 17. The summed E-state index contributed by atoms with van der Waals surface area (Å²) in [4.78, 5) is 25.7. The van der Waals surface area contributed by atoms with Crippen molar-refractivity contribution in [2.45, 2.75) is 39.0 Å². The second-order valence-electron chi connectivity index (χ2n) is 8.45. The van der Waals surface area contributed by atoms with E-state index in [1.54, 1.807) is 0 Å². The van der Waals surface area contributed by atoms with E-state index in [9.17, 15) is 27.2 Å². The van der Waals surface area contributed by atoms with Gasteiger partial charge in [0.2, 0.25) is 23.3 Å². The molecule has 0 atom stereocenters. The third-order valence-electron chi connectivity index (χ3n) is 5.86. The normalized spacial score (nSPS) is 14.2. The van der Waals surface area contributed by atoms with Crippen LogP contribution < -0.4 is 4.74 Å². The van der Waals surface area contributed by atoms with E-state index in [4.69, 9.17) is 18.9 Å². The summed E-state index contributed by atoms with van der Waals surface area (Å²) >= 11 is 0. The molecule has 0 unspecified atom stereocenters. The zero-order chi connectivity index (χ0) is 27.0. The van der Waals surface area contributed by atoms with Crippen molar-refractivity contribution in [1.29, 1.82) is 0 Å². The van der Waals surface area contributed by atoms with Gasteiger partial charge in [0.25, 0.3) is 0 Å². The molecule has 1 aromatic carbocycles. The molecule has 0 bridgehead atoms. The van der Waals surface area contributed by atoms with Crippen LogP contribution in [-0.2, 0) is 28.5 Å². The maximum absolute atomic E-state index is 13.5. The van der Waals surface area contributed by atoms with Gasteiger partial charge in [-0.25, -0.2) is 8.78 Å². The van der Waals surface area contributed by atoms with Crippen molar-refractivity contribution in [1.82, 2.24) is 4.90 Å². The predicted molar refractivity (Wildman–Crippen MR) is 124 cm³/mol. The van der Waals surface area contributed by atoms with Gasteiger partial charge in [-0.2, -0.15) is 8.78 Å². The molecule has 8 nitrogen and oxygen atoms in total. The van der Waals surface area contributed by atoms with E-state index in [2.05, 4.69) is 11.7 Å². The van der Waals surface area contributed by atoms with Crippen LogP contribution in [0.15, 0.2) is 6.07 Å². The summed E-state index contributed by atoms with van der Waals surface area (Å²) in [6, 6.07) is 0.0201. The van der Waals surface area contributed by atoms with E-state index in [-0.39, 0.29) is 38.2 Å². The van der Waals surface area contributed by atoms with Crippen molar-refractivity contribution in [3.8, 4) is 5.75 Å². The average Bonchev–Trinajstić information content (AvgIpc) is 2.90. The number of halogens is 4. The second-order valence-corrected chi connectivity index (χ2v) is 8.45. The minimum atomic E-state index is -1.79. The number of piperidine rings is 1. The Morgan fingerprint density at radius 3 is 1.73 bits per heavy atom. The molecule has 1 fully saturated rings.